The Morgan fingerprint density at radius 2 is 1.64 bits per heavy atom. The molecule has 1 fully saturated rings. The van der Waals surface area contributed by atoms with Crippen LogP contribution in [0.3, 0.4) is 0 Å². The maximum Gasteiger partial charge on any atom is 0.282 e. The number of hydrogen-bond acceptors (Lipinski definition) is 6. The fourth-order valence-electron chi connectivity index (χ4n) is 4.60. The van der Waals surface area contributed by atoms with E-state index in [1.807, 2.05) is 44.0 Å². The third-order valence-corrected chi connectivity index (χ3v) is 6.62. The molecule has 0 spiro atoms. The van der Waals surface area contributed by atoms with Gasteiger partial charge in [0.1, 0.15) is 5.70 Å². The first-order valence-corrected chi connectivity index (χ1v) is 11.1. The average Bonchev–Trinajstić information content (AvgIpc) is 3.05. The number of anilines is 1. The van der Waals surface area contributed by atoms with Crippen molar-refractivity contribution in [3.05, 3.63) is 75.0 Å². The van der Waals surface area contributed by atoms with Crippen molar-refractivity contribution in [2.24, 2.45) is 0 Å². The molecule has 8 nitrogen and oxygen atoms in total. The van der Waals surface area contributed by atoms with Gasteiger partial charge in [0.25, 0.3) is 17.5 Å². The van der Waals surface area contributed by atoms with Gasteiger partial charge in [0.15, 0.2) is 0 Å². The van der Waals surface area contributed by atoms with Crippen molar-refractivity contribution in [3.63, 3.8) is 0 Å². The minimum absolute atomic E-state index is 0.0623. The number of aryl methyl sites for hydroxylation is 2. The highest BCUT2D eigenvalue weighted by Gasteiger charge is 2.43. The second-order valence-corrected chi connectivity index (χ2v) is 8.91. The Balaban J connectivity index is 1.82. The third-order valence-electron chi connectivity index (χ3n) is 6.62. The molecule has 4 rings (SSSR count). The number of imide groups is 1. The van der Waals surface area contributed by atoms with Gasteiger partial charge < -0.3 is 9.80 Å². The van der Waals surface area contributed by atoms with E-state index < -0.39 is 10.8 Å². The van der Waals surface area contributed by atoms with E-state index in [1.165, 1.54) is 17.0 Å². The van der Waals surface area contributed by atoms with Crippen LogP contribution in [0.2, 0.25) is 0 Å². The number of benzene rings is 2. The number of hydrogen-bond donors (Lipinski definition) is 0. The molecule has 172 valence electrons. The summed E-state index contributed by atoms with van der Waals surface area (Å²) in [6.07, 6.45) is 1.77. The molecule has 0 aromatic heterocycles. The van der Waals surface area contributed by atoms with Crippen molar-refractivity contribution in [3.8, 4) is 0 Å². The van der Waals surface area contributed by atoms with E-state index in [2.05, 4.69) is 11.9 Å². The number of nitro benzene ring substituents is 1. The normalized spacial score (nSPS) is 17.8. The second kappa shape index (κ2) is 8.78. The summed E-state index contributed by atoms with van der Waals surface area (Å²) < 4.78 is 0. The third kappa shape index (κ3) is 4.14. The van der Waals surface area contributed by atoms with Crippen LogP contribution in [-0.4, -0.2) is 59.8 Å². The Hall–Kier alpha value is -3.52. The highest BCUT2D eigenvalue weighted by atomic mass is 16.6. The lowest BCUT2D eigenvalue weighted by atomic mass is 10.00. The highest BCUT2D eigenvalue weighted by molar-refractivity contribution is 6.45. The molecule has 0 unspecified atom stereocenters. The lowest BCUT2D eigenvalue weighted by Gasteiger charge is -2.36. The van der Waals surface area contributed by atoms with E-state index in [9.17, 15) is 19.7 Å². The van der Waals surface area contributed by atoms with Crippen LogP contribution in [-0.2, 0) is 9.59 Å². The zero-order chi connectivity index (χ0) is 23.9. The van der Waals surface area contributed by atoms with Gasteiger partial charge in [0.2, 0.25) is 0 Å². The molecular formula is C25H28N4O4. The molecule has 0 aliphatic carbocycles. The predicted octanol–water partition coefficient (Wildman–Crippen LogP) is 3.52. The zero-order valence-corrected chi connectivity index (χ0v) is 19.4. The SMILES string of the molecule is Cc1ccc(C)c(N2C(=O)C(c3ccc([N+](=O)[O-])cc3)=C(N(C)C3CCN(C)CC3)C2=O)c1. The summed E-state index contributed by atoms with van der Waals surface area (Å²) in [5.74, 6) is -0.763. The van der Waals surface area contributed by atoms with Crippen LogP contribution >= 0.6 is 0 Å². The first kappa shape index (κ1) is 22.7. The minimum atomic E-state index is -0.478. The van der Waals surface area contributed by atoms with E-state index in [0.717, 1.165) is 37.1 Å². The number of non-ortho nitro benzene ring substituents is 1. The van der Waals surface area contributed by atoms with Crippen LogP contribution in [0.25, 0.3) is 5.57 Å². The first-order chi connectivity index (χ1) is 15.7. The summed E-state index contributed by atoms with van der Waals surface area (Å²) in [7, 11) is 3.94. The number of piperidine rings is 1. The van der Waals surface area contributed by atoms with Crippen LogP contribution in [0.5, 0.6) is 0 Å². The van der Waals surface area contributed by atoms with Gasteiger partial charge in [0, 0.05) is 25.2 Å². The van der Waals surface area contributed by atoms with Crippen LogP contribution < -0.4 is 4.90 Å². The van der Waals surface area contributed by atoms with Crippen molar-refractivity contribution in [1.29, 1.82) is 0 Å². The molecule has 2 aliphatic rings. The highest BCUT2D eigenvalue weighted by Crippen LogP contribution is 2.37. The van der Waals surface area contributed by atoms with Crippen molar-refractivity contribution in [2.45, 2.75) is 32.7 Å². The Bertz CT molecular complexity index is 1150. The van der Waals surface area contributed by atoms with E-state index in [0.29, 0.717) is 16.9 Å². The van der Waals surface area contributed by atoms with Crippen LogP contribution in [0.15, 0.2) is 48.2 Å². The number of nitrogens with zero attached hydrogens (tertiary/aromatic N) is 4. The van der Waals surface area contributed by atoms with E-state index >= 15 is 0 Å². The van der Waals surface area contributed by atoms with Crippen molar-refractivity contribution in [1.82, 2.24) is 9.80 Å². The zero-order valence-electron chi connectivity index (χ0n) is 19.4. The van der Waals surface area contributed by atoms with Gasteiger partial charge >= 0.3 is 0 Å². The Morgan fingerprint density at radius 3 is 2.24 bits per heavy atom. The number of likely N-dealkylation sites (N-methyl/N-ethyl adjacent to an activating group) is 1. The summed E-state index contributed by atoms with van der Waals surface area (Å²) in [5, 5.41) is 11.1. The van der Waals surface area contributed by atoms with Crippen molar-refractivity contribution >= 4 is 28.8 Å². The summed E-state index contributed by atoms with van der Waals surface area (Å²) in [6, 6.07) is 11.6. The molecule has 2 aromatic carbocycles. The number of likely N-dealkylation sites (tertiary alicyclic amines) is 1. The van der Waals surface area contributed by atoms with E-state index in [-0.39, 0.29) is 23.2 Å². The number of carbonyl (C=O) groups is 2. The molecule has 0 radical (unpaired) electrons. The average molecular weight is 449 g/mol. The fraction of sp³-hybridized carbons (Fsp3) is 0.360. The molecule has 2 aliphatic heterocycles. The summed E-state index contributed by atoms with van der Waals surface area (Å²) in [4.78, 5) is 43.6. The molecule has 0 bridgehead atoms. The molecule has 2 aromatic rings. The van der Waals surface area contributed by atoms with Crippen LogP contribution in [0.1, 0.15) is 29.5 Å². The molecule has 0 saturated carbocycles. The minimum Gasteiger partial charge on any atom is -0.366 e. The number of carbonyl (C=O) groups excluding carboxylic acids is 2. The number of amides is 2. The van der Waals surface area contributed by atoms with Gasteiger partial charge in [-0.05, 0) is 81.7 Å². The van der Waals surface area contributed by atoms with Gasteiger partial charge in [-0.2, -0.15) is 0 Å². The largest absolute Gasteiger partial charge is 0.366 e. The molecule has 1 saturated heterocycles. The van der Waals surface area contributed by atoms with E-state index in [1.54, 1.807) is 12.1 Å². The van der Waals surface area contributed by atoms with Crippen molar-refractivity contribution in [2.75, 3.05) is 32.1 Å². The smallest absolute Gasteiger partial charge is 0.282 e. The number of rotatable bonds is 5. The number of nitro groups is 1. The molecule has 33 heavy (non-hydrogen) atoms. The Kier molecular flexibility index (Phi) is 6.03. The first-order valence-electron chi connectivity index (χ1n) is 11.1. The standard InChI is InChI=1S/C25H28N4O4/c1-16-5-6-17(2)21(15-16)28-24(30)22(18-7-9-20(10-8-18)29(32)33)23(25(28)31)27(4)19-11-13-26(3)14-12-19/h5-10,15,19H,11-14H2,1-4H3. The Labute approximate surface area is 193 Å². The van der Waals surface area contributed by atoms with Crippen LogP contribution in [0.4, 0.5) is 11.4 Å². The summed E-state index contributed by atoms with van der Waals surface area (Å²) in [5.41, 5.74) is 3.42. The second-order valence-electron chi connectivity index (χ2n) is 8.91. The van der Waals surface area contributed by atoms with Gasteiger partial charge in [0.05, 0.1) is 16.2 Å². The van der Waals surface area contributed by atoms with Gasteiger partial charge in [-0.3, -0.25) is 19.7 Å². The molecule has 2 heterocycles. The van der Waals surface area contributed by atoms with Crippen LogP contribution in [0, 0.1) is 24.0 Å². The van der Waals surface area contributed by atoms with Crippen molar-refractivity contribution < 1.29 is 14.5 Å². The summed E-state index contributed by atoms with van der Waals surface area (Å²) in [6.45, 7) is 5.62. The maximum atomic E-state index is 13.8. The maximum absolute atomic E-state index is 13.8. The monoisotopic (exact) mass is 448 g/mol. The summed E-state index contributed by atoms with van der Waals surface area (Å²) >= 11 is 0. The molecule has 2 amide bonds. The van der Waals surface area contributed by atoms with E-state index in [4.69, 9.17) is 0 Å². The molecule has 0 N–H and O–H groups in total. The lowest BCUT2D eigenvalue weighted by molar-refractivity contribution is -0.384. The predicted molar refractivity (Wildman–Crippen MR) is 127 cm³/mol. The fourth-order valence-corrected chi connectivity index (χ4v) is 4.60. The quantitative estimate of drug-likeness (QED) is 0.395. The molecular weight excluding hydrogens is 420 g/mol. The molecule has 8 heteroatoms. The van der Waals surface area contributed by atoms with Gasteiger partial charge in [-0.1, -0.05) is 12.1 Å². The topological polar surface area (TPSA) is 87.0 Å². The molecule has 0 atom stereocenters. The lowest BCUT2D eigenvalue weighted by Crippen LogP contribution is -2.43. The van der Waals surface area contributed by atoms with Gasteiger partial charge in [-0.15, -0.1) is 0 Å². The van der Waals surface area contributed by atoms with Gasteiger partial charge in [-0.25, -0.2) is 4.90 Å². The Morgan fingerprint density at radius 1 is 1.00 bits per heavy atom.